The zero-order valence-electron chi connectivity index (χ0n) is 10.0. The minimum atomic E-state index is -0.496. The number of amides is 1. The van der Waals surface area contributed by atoms with Crippen LogP contribution in [-0.4, -0.2) is 37.9 Å². The van der Waals surface area contributed by atoms with Gasteiger partial charge >= 0.3 is 0 Å². The van der Waals surface area contributed by atoms with Gasteiger partial charge in [-0.2, -0.15) is 4.80 Å². The zero-order valence-corrected chi connectivity index (χ0v) is 10.8. The number of anilines is 1. The summed E-state index contributed by atoms with van der Waals surface area (Å²) in [6, 6.07) is 0. The van der Waals surface area contributed by atoms with Gasteiger partial charge in [0.2, 0.25) is 11.1 Å². The molecule has 1 saturated heterocycles. The Morgan fingerprint density at radius 3 is 2.94 bits per heavy atom. The molecular weight excluding hydrogens is 258 g/mol. The molecule has 0 aromatic carbocycles. The highest BCUT2D eigenvalue weighted by Gasteiger charge is 2.36. The van der Waals surface area contributed by atoms with Crippen molar-refractivity contribution in [3.05, 3.63) is 0 Å². The zero-order chi connectivity index (χ0) is 13.1. The molecule has 0 saturated carbocycles. The predicted molar refractivity (Wildman–Crippen MR) is 64.0 cm³/mol. The van der Waals surface area contributed by atoms with Crippen molar-refractivity contribution in [3.8, 4) is 0 Å². The van der Waals surface area contributed by atoms with Crippen molar-refractivity contribution >= 4 is 28.7 Å². The molecule has 18 heavy (non-hydrogen) atoms. The van der Waals surface area contributed by atoms with Gasteiger partial charge in [0.25, 0.3) is 5.95 Å². The lowest BCUT2D eigenvalue weighted by molar-refractivity contribution is -0.120. The van der Waals surface area contributed by atoms with E-state index in [1.54, 1.807) is 0 Å². The summed E-state index contributed by atoms with van der Waals surface area (Å²) in [5.74, 6) is -0.415. The summed E-state index contributed by atoms with van der Waals surface area (Å²) in [6.45, 7) is 2.97. The molecule has 0 unspecified atom stereocenters. The molecule has 1 fully saturated rings. The van der Waals surface area contributed by atoms with E-state index in [-0.39, 0.29) is 24.8 Å². The summed E-state index contributed by atoms with van der Waals surface area (Å²) in [6.07, 6.45) is 2.10. The van der Waals surface area contributed by atoms with Crippen LogP contribution in [0, 0.1) is 5.92 Å². The Kier molecular flexibility index (Phi) is 3.90. The van der Waals surface area contributed by atoms with Gasteiger partial charge in [0.1, 0.15) is 0 Å². The van der Waals surface area contributed by atoms with Gasteiger partial charge in [-0.15, -0.1) is 5.10 Å². The van der Waals surface area contributed by atoms with E-state index < -0.39 is 11.2 Å². The Balaban J connectivity index is 2.05. The van der Waals surface area contributed by atoms with Crippen molar-refractivity contribution in [2.75, 3.05) is 11.4 Å². The van der Waals surface area contributed by atoms with E-state index in [2.05, 4.69) is 22.3 Å². The molecule has 1 aliphatic rings. The molecule has 7 nitrogen and oxygen atoms in total. The summed E-state index contributed by atoms with van der Waals surface area (Å²) in [5.41, 5.74) is 0. The van der Waals surface area contributed by atoms with Crippen molar-refractivity contribution in [3.63, 3.8) is 0 Å². The molecule has 1 atom stereocenters. The van der Waals surface area contributed by atoms with Crippen LogP contribution in [-0.2, 0) is 16.1 Å². The quantitative estimate of drug-likeness (QED) is 0.732. The molecule has 0 N–H and O–H groups in total. The number of carbonyl (C=O) groups is 2. The lowest BCUT2D eigenvalue weighted by Gasteiger charge is -2.09. The molecule has 8 heteroatoms. The first-order chi connectivity index (χ1) is 8.61. The van der Waals surface area contributed by atoms with E-state index >= 15 is 0 Å². The number of halogens is 1. The standard InChI is InChI=1S/C10H14ClN5O2/c1-2-3-4-16-13-10(12-14-16)15-6-7(9(11)18)5-8(15)17/h7H,2-6H2,1H3/t7-/m1/s1. The van der Waals surface area contributed by atoms with E-state index in [4.69, 9.17) is 11.6 Å². The number of hydrogen-bond donors (Lipinski definition) is 0. The van der Waals surface area contributed by atoms with E-state index in [1.165, 1.54) is 9.70 Å². The number of hydrogen-bond acceptors (Lipinski definition) is 5. The number of rotatable bonds is 5. The van der Waals surface area contributed by atoms with Crippen molar-refractivity contribution in [1.82, 2.24) is 20.2 Å². The molecule has 1 aliphatic heterocycles. The molecule has 1 aromatic heterocycles. The summed E-state index contributed by atoms with van der Waals surface area (Å²) >= 11 is 5.40. The van der Waals surface area contributed by atoms with Crippen LogP contribution in [0.25, 0.3) is 0 Å². The van der Waals surface area contributed by atoms with Gasteiger partial charge in [-0.3, -0.25) is 14.5 Å². The maximum atomic E-state index is 11.7. The maximum Gasteiger partial charge on any atom is 0.272 e. The van der Waals surface area contributed by atoms with Gasteiger partial charge in [0, 0.05) is 13.0 Å². The largest absolute Gasteiger partial charge is 0.281 e. The number of tetrazole rings is 1. The first-order valence-corrected chi connectivity index (χ1v) is 6.27. The lowest BCUT2D eigenvalue weighted by Crippen LogP contribution is -2.26. The van der Waals surface area contributed by atoms with Crippen molar-refractivity contribution in [2.24, 2.45) is 5.92 Å². The Labute approximate surface area is 109 Å². The smallest absolute Gasteiger partial charge is 0.272 e. The molecule has 98 valence electrons. The topological polar surface area (TPSA) is 81.0 Å². The van der Waals surface area contributed by atoms with Crippen molar-refractivity contribution in [1.29, 1.82) is 0 Å². The molecule has 0 spiro atoms. The number of aryl methyl sites for hydroxylation is 1. The third-order valence-electron chi connectivity index (χ3n) is 2.84. The predicted octanol–water partition coefficient (Wildman–Crippen LogP) is 0.591. The van der Waals surface area contributed by atoms with E-state index in [9.17, 15) is 9.59 Å². The van der Waals surface area contributed by atoms with Crippen LogP contribution in [0.5, 0.6) is 0 Å². The van der Waals surface area contributed by atoms with Gasteiger partial charge in [0.15, 0.2) is 0 Å². The Morgan fingerprint density at radius 1 is 1.56 bits per heavy atom. The molecule has 2 heterocycles. The van der Waals surface area contributed by atoms with Gasteiger partial charge in [-0.25, -0.2) is 0 Å². The molecule has 2 rings (SSSR count). The second kappa shape index (κ2) is 5.43. The lowest BCUT2D eigenvalue weighted by atomic mass is 10.1. The Morgan fingerprint density at radius 2 is 2.33 bits per heavy atom. The van der Waals surface area contributed by atoms with Crippen molar-refractivity contribution in [2.45, 2.75) is 32.7 Å². The van der Waals surface area contributed by atoms with Crippen LogP contribution in [0.3, 0.4) is 0 Å². The van der Waals surface area contributed by atoms with Gasteiger partial charge in [-0.05, 0) is 23.2 Å². The monoisotopic (exact) mass is 271 g/mol. The van der Waals surface area contributed by atoms with Crippen LogP contribution in [0.1, 0.15) is 26.2 Å². The van der Waals surface area contributed by atoms with Crippen LogP contribution in [0.2, 0.25) is 0 Å². The molecule has 0 aliphatic carbocycles. The fraction of sp³-hybridized carbons (Fsp3) is 0.700. The number of carbonyl (C=O) groups excluding carboxylic acids is 2. The second-order valence-corrected chi connectivity index (χ2v) is 4.62. The summed E-state index contributed by atoms with van der Waals surface area (Å²) in [5, 5.41) is 11.3. The molecular formula is C10H14ClN5O2. The van der Waals surface area contributed by atoms with Crippen molar-refractivity contribution < 1.29 is 9.59 Å². The first kappa shape index (κ1) is 12.9. The van der Waals surface area contributed by atoms with E-state index in [0.717, 1.165) is 12.8 Å². The van der Waals surface area contributed by atoms with Crippen LogP contribution >= 0.6 is 11.6 Å². The molecule has 1 amide bonds. The number of nitrogens with zero attached hydrogens (tertiary/aromatic N) is 5. The van der Waals surface area contributed by atoms with Gasteiger partial charge in [0.05, 0.1) is 12.5 Å². The molecule has 1 aromatic rings. The van der Waals surface area contributed by atoms with E-state index in [1.807, 2.05) is 0 Å². The normalized spacial score (nSPS) is 19.6. The fourth-order valence-corrected chi connectivity index (χ4v) is 1.94. The number of unbranched alkanes of at least 4 members (excludes halogenated alkanes) is 1. The van der Waals surface area contributed by atoms with Gasteiger partial charge < -0.3 is 0 Å². The third-order valence-corrected chi connectivity index (χ3v) is 3.15. The van der Waals surface area contributed by atoms with Crippen LogP contribution in [0.4, 0.5) is 5.95 Å². The fourth-order valence-electron chi connectivity index (χ4n) is 1.79. The summed E-state index contributed by atoms with van der Waals surface area (Å²) in [7, 11) is 0. The highest BCUT2D eigenvalue weighted by atomic mass is 35.5. The summed E-state index contributed by atoms with van der Waals surface area (Å²) in [4.78, 5) is 25.6. The minimum absolute atomic E-state index is 0.117. The molecule has 0 bridgehead atoms. The summed E-state index contributed by atoms with van der Waals surface area (Å²) < 4.78 is 0. The number of aromatic nitrogens is 4. The maximum absolute atomic E-state index is 11.7. The first-order valence-electron chi connectivity index (χ1n) is 5.89. The van der Waals surface area contributed by atoms with E-state index in [0.29, 0.717) is 6.54 Å². The average molecular weight is 272 g/mol. The minimum Gasteiger partial charge on any atom is -0.281 e. The Hall–Kier alpha value is -1.50. The third kappa shape index (κ3) is 2.66. The highest BCUT2D eigenvalue weighted by molar-refractivity contribution is 6.64. The highest BCUT2D eigenvalue weighted by Crippen LogP contribution is 2.23. The SMILES string of the molecule is CCCCn1nnc(N2C[C@H](C(=O)Cl)CC2=O)n1. The van der Waals surface area contributed by atoms with Crippen LogP contribution in [0.15, 0.2) is 0 Å². The second-order valence-electron chi connectivity index (χ2n) is 4.25. The van der Waals surface area contributed by atoms with Gasteiger partial charge in [-0.1, -0.05) is 18.4 Å². The average Bonchev–Trinajstić information content (AvgIpc) is 2.92. The molecule has 0 radical (unpaired) electrons. The Bertz CT molecular complexity index is 461. The van der Waals surface area contributed by atoms with Crippen LogP contribution < -0.4 is 4.90 Å².